The average molecular weight is 476 g/mol. The summed E-state index contributed by atoms with van der Waals surface area (Å²) in [6, 6.07) is 12.9. The SMILES string of the molecule is Cc1noc(-c2ccc(Oc3cc(C(=O)NC4CCN(C)C4)ccc3CN3CCCC3=O)cc2)n1. The number of amides is 2. The summed E-state index contributed by atoms with van der Waals surface area (Å²) in [6.45, 7) is 4.76. The molecule has 35 heavy (non-hydrogen) atoms. The fraction of sp³-hybridized carbons (Fsp3) is 0.385. The second-order valence-corrected chi connectivity index (χ2v) is 9.24. The highest BCUT2D eigenvalue weighted by molar-refractivity contribution is 5.95. The van der Waals surface area contributed by atoms with Crippen LogP contribution in [0.5, 0.6) is 11.5 Å². The first kappa shape index (κ1) is 23.0. The summed E-state index contributed by atoms with van der Waals surface area (Å²) in [5, 5.41) is 6.95. The lowest BCUT2D eigenvalue weighted by Crippen LogP contribution is -2.36. The molecule has 2 amide bonds. The van der Waals surface area contributed by atoms with Crippen LogP contribution in [-0.4, -0.2) is 64.5 Å². The van der Waals surface area contributed by atoms with Crippen molar-refractivity contribution in [2.75, 3.05) is 26.7 Å². The Morgan fingerprint density at radius 2 is 2.03 bits per heavy atom. The van der Waals surface area contributed by atoms with Crippen LogP contribution in [0.3, 0.4) is 0 Å². The molecule has 1 aromatic heterocycles. The number of benzene rings is 2. The molecule has 2 aliphatic heterocycles. The molecule has 1 atom stereocenters. The third-order valence-corrected chi connectivity index (χ3v) is 6.45. The highest BCUT2D eigenvalue weighted by Crippen LogP contribution is 2.30. The summed E-state index contributed by atoms with van der Waals surface area (Å²) in [4.78, 5) is 33.4. The van der Waals surface area contributed by atoms with Crippen LogP contribution >= 0.6 is 0 Å². The number of aromatic nitrogens is 2. The predicted molar refractivity (Wildman–Crippen MR) is 129 cm³/mol. The van der Waals surface area contributed by atoms with Gasteiger partial charge in [0.1, 0.15) is 11.5 Å². The Bertz CT molecular complexity index is 1220. The number of ether oxygens (including phenoxy) is 1. The van der Waals surface area contributed by atoms with Gasteiger partial charge in [-0.3, -0.25) is 9.59 Å². The van der Waals surface area contributed by atoms with Gasteiger partial charge in [-0.2, -0.15) is 4.98 Å². The molecule has 9 nitrogen and oxygen atoms in total. The summed E-state index contributed by atoms with van der Waals surface area (Å²) in [7, 11) is 2.05. The average Bonchev–Trinajstić information content (AvgIpc) is 3.57. The minimum atomic E-state index is -0.124. The zero-order chi connectivity index (χ0) is 24.4. The van der Waals surface area contributed by atoms with Gasteiger partial charge in [-0.05, 0) is 69.8 Å². The molecule has 0 spiro atoms. The fourth-order valence-corrected chi connectivity index (χ4v) is 4.53. The molecular formula is C26H29N5O4. The molecule has 0 bridgehead atoms. The van der Waals surface area contributed by atoms with Gasteiger partial charge in [0.05, 0.1) is 0 Å². The molecular weight excluding hydrogens is 446 g/mol. The normalized spacial score (nSPS) is 18.3. The predicted octanol–water partition coefficient (Wildman–Crippen LogP) is 3.39. The van der Waals surface area contributed by atoms with E-state index in [4.69, 9.17) is 9.26 Å². The summed E-state index contributed by atoms with van der Waals surface area (Å²) >= 11 is 0. The second kappa shape index (κ2) is 9.87. The Balaban J connectivity index is 1.38. The first-order valence-electron chi connectivity index (χ1n) is 11.9. The minimum Gasteiger partial charge on any atom is -0.457 e. The standard InChI is InChI=1S/C26H29N5O4/c1-17-27-26(35-29-17)18-7-9-22(10-8-18)34-23-14-19(25(33)28-21-11-13-30(2)16-21)5-6-20(23)15-31-12-3-4-24(31)32/h5-10,14,21H,3-4,11-13,15-16H2,1-2H3,(H,28,33). The highest BCUT2D eigenvalue weighted by atomic mass is 16.5. The largest absolute Gasteiger partial charge is 0.457 e. The molecule has 0 radical (unpaired) electrons. The van der Waals surface area contributed by atoms with Crippen molar-refractivity contribution in [3.05, 3.63) is 59.4 Å². The first-order valence-corrected chi connectivity index (χ1v) is 11.9. The molecule has 1 unspecified atom stereocenters. The molecule has 2 aromatic carbocycles. The van der Waals surface area contributed by atoms with Crippen molar-refractivity contribution in [2.24, 2.45) is 0 Å². The van der Waals surface area contributed by atoms with E-state index in [1.165, 1.54) is 0 Å². The fourth-order valence-electron chi connectivity index (χ4n) is 4.53. The number of carbonyl (C=O) groups excluding carboxylic acids is 2. The van der Waals surface area contributed by atoms with Crippen LogP contribution in [0.2, 0.25) is 0 Å². The van der Waals surface area contributed by atoms with Crippen LogP contribution in [0.1, 0.15) is 41.0 Å². The number of likely N-dealkylation sites (N-methyl/N-ethyl adjacent to an activating group) is 1. The number of hydrogen-bond acceptors (Lipinski definition) is 7. The van der Waals surface area contributed by atoms with E-state index in [2.05, 4.69) is 27.4 Å². The van der Waals surface area contributed by atoms with Crippen molar-refractivity contribution in [3.63, 3.8) is 0 Å². The van der Waals surface area contributed by atoms with Crippen LogP contribution in [-0.2, 0) is 11.3 Å². The van der Waals surface area contributed by atoms with Gasteiger partial charge in [0, 0.05) is 48.8 Å². The Kier molecular flexibility index (Phi) is 6.50. The maximum absolute atomic E-state index is 13.0. The van der Waals surface area contributed by atoms with Gasteiger partial charge < -0.3 is 24.4 Å². The van der Waals surface area contributed by atoms with Crippen molar-refractivity contribution in [3.8, 4) is 23.0 Å². The minimum absolute atomic E-state index is 0.124. The van der Waals surface area contributed by atoms with E-state index in [-0.39, 0.29) is 17.9 Å². The summed E-state index contributed by atoms with van der Waals surface area (Å²) in [5.74, 6) is 2.19. The Morgan fingerprint density at radius 3 is 2.69 bits per heavy atom. The molecule has 182 valence electrons. The molecule has 5 rings (SSSR count). The van der Waals surface area contributed by atoms with Crippen molar-refractivity contribution >= 4 is 11.8 Å². The van der Waals surface area contributed by atoms with Gasteiger partial charge in [-0.15, -0.1) is 0 Å². The highest BCUT2D eigenvalue weighted by Gasteiger charge is 2.24. The smallest absolute Gasteiger partial charge is 0.257 e. The third kappa shape index (κ3) is 5.35. The number of carbonyl (C=O) groups is 2. The zero-order valence-corrected chi connectivity index (χ0v) is 20.0. The van der Waals surface area contributed by atoms with E-state index in [9.17, 15) is 9.59 Å². The molecule has 2 aliphatic rings. The van der Waals surface area contributed by atoms with Gasteiger partial charge in [0.2, 0.25) is 5.91 Å². The van der Waals surface area contributed by atoms with Gasteiger partial charge >= 0.3 is 0 Å². The van der Waals surface area contributed by atoms with Gasteiger partial charge in [-0.1, -0.05) is 11.2 Å². The Hall–Kier alpha value is -3.72. The van der Waals surface area contributed by atoms with Crippen LogP contribution in [0.4, 0.5) is 0 Å². The summed E-state index contributed by atoms with van der Waals surface area (Å²) in [5.41, 5.74) is 2.17. The third-order valence-electron chi connectivity index (χ3n) is 6.45. The maximum Gasteiger partial charge on any atom is 0.257 e. The maximum atomic E-state index is 13.0. The van der Waals surface area contributed by atoms with Crippen molar-refractivity contribution in [1.29, 1.82) is 0 Å². The molecule has 3 aromatic rings. The Labute approximate surface area is 204 Å². The number of nitrogens with zero attached hydrogens (tertiary/aromatic N) is 4. The van der Waals surface area contributed by atoms with E-state index < -0.39 is 0 Å². The van der Waals surface area contributed by atoms with Crippen molar-refractivity contribution < 1.29 is 18.8 Å². The topological polar surface area (TPSA) is 101 Å². The molecule has 2 fully saturated rings. The van der Waals surface area contributed by atoms with E-state index in [1.54, 1.807) is 19.1 Å². The summed E-state index contributed by atoms with van der Waals surface area (Å²) < 4.78 is 11.5. The van der Waals surface area contributed by atoms with Crippen LogP contribution in [0.15, 0.2) is 47.0 Å². The number of hydrogen-bond donors (Lipinski definition) is 1. The van der Waals surface area contributed by atoms with Crippen molar-refractivity contribution in [1.82, 2.24) is 25.3 Å². The lowest BCUT2D eigenvalue weighted by Gasteiger charge is -2.19. The second-order valence-electron chi connectivity index (χ2n) is 9.24. The molecule has 0 saturated carbocycles. The molecule has 2 saturated heterocycles. The van der Waals surface area contributed by atoms with Gasteiger partial charge in [0.25, 0.3) is 11.8 Å². The first-order chi connectivity index (χ1) is 16.9. The van der Waals surface area contributed by atoms with E-state index in [0.29, 0.717) is 41.7 Å². The molecule has 1 N–H and O–H groups in total. The summed E-state index contributed by atoms with van der Waals surface area (Å²) in [6.07, 6.45) is 2.37. The zero-order valence-electron chi connectivity index (χ0n) is 20.0. The van der Waals surface area contributed by atoms with E-state index in [0.717, 1.165) is 43.6 Å². The van der Waals surface area contributed by atoms with E-state index >= 15 is 0 Å². The Morgan fingerprint density at radius 1 is 1.20 bits per heavy atom. The lowest BCUT2D eigenvalue weighted by atomic mass is 10.1. The quantitative estimate of drug-likeness (QED) is 0.559. The number of rotatable bonds is 7. The van der Waals surface area contributed by atoms with Crippen LogP contribution in [0, 0.1) is 6.92 Å². The molecule has 9 heteroatoms. The van der Waals surface area contributed by atoms with Crippen molar-refractivity contribution in [2.45, 2.75) is 38.8 Å². The van der Waals surface area contributed by atoms with Gasteiger partial charge in [0.15, 0.2) is 5.82 Å². The number of likely N-dealkylation sites (tertiary alicyclic amines) is 2. The number of nitrogens with one attached hydrogen (secondary N) is 1. The van der Waals surface area contributed by atoms with Gasteiger partial charge in [-0.25, -0.2) is 0 Å². The molecule has 3 heterocycles. The monoisotopic (exact) mass is 475 g/mol. The van der Waals surface area contributed by atoms with Crippen LogP contribution in [0.25, 0.3) is 11.5 Å². The van der Waals surface area contributed by atoms with Crippen LogP contribution < -0.4 is 10.1 Å². The van der Waals surface area contributed by atoms with E-state index in [1.807, 2.05) is 35.2 Å². The lowest BCUT2D eigenvalue weighted by molar-refractivity contribution is -0.128. The number of aryl methyl sites for hydroxylation is 1. The molecule has 0 aliphatic carbocycles.